The molecule has 5 rings (SSSR count). The van der Waals surface area contributed by atoms with Crippen LogP contribution < -0.4 is 15.0 Å². The Labute approximate surface area is 158 Å². The van der Waals surface area contributed by atoms with Crippen molar-refractivity contribution in [2.75, 3.05) is 18.6 Å². The molecule has 0 fully saturated rings. The van der Waals surface area contributed by atoms with Gasteiger partial charge in [0, 0.05) is 17.8 Å². The Hall–Kier alpha value is -3.11. The second kappa shape index (κ2) is 5.96. The highest BCUT2D eigenvalue weighted by Crippen LogP contribution is 2.49. The molecule has 0 radical (unpaired) electrons. The van der Waals surface area contributed by atoms with Gasteiger partial charge in [-0.2, -0.15) is 0 Å². The number of rotatable bonds is 2. The summed E-state index contributed by atoms with van der Waals surface area (Å²) in [5.41, 5.74) is 4.15. The minimum atomic E-state index is -0.855. The third-order valence-electron chi connectivity index (χ3n) is 5.59. The van der Waals surface area contributed by atoms with E-state index in [0.29, 0.717) is 0 Å². The summed E-state index contributed by atoms with van der Waals surface area (Å²) in [4.78, 5) is 15.7. The molecule has 1 N–H and O–H groups in total. The van der Waals surface area contributed by atoms with Crippen LogP contribution >= 0.6 is 0 Å². The number of carbonyl (C=O) groups excluding carboxylic acids is 1. The number of ether oxygens (including phenoxy) is 1. The van der Waals surface area contributed by atoms with Crippen molar-refractivity contribution in [1.82, 2.24) is 5.32 Å². The number of hydrogen-bond donors (Lipinski definition) is 1. The van der Waals surface area contributed by atoms with E-state index in [1.165, 1.54) is 0 Å². The molecule has 4 nitrogen and oxygen atoms in total. The first-order chi connectivity index (χ1) is 13.3. The van der Waals surface area contributed by atoms with E-state index in [2.05, 4.69) is 17.4 Å². The monoisotopic (exact) mass is 356 g/mol. The average molecular weight is 356 g/mol. The molecule has 0 bridgehead atoms. The Morgan fingerprint density at radius 3 is 2.56 bits per heavy atom. The molecule has 0 aliphatic carbocycles. The van der Waals surface area contributed by atoms with E-state index in [4.69, 9.17) is 4.74 Å². The summed E-state index contributed by atoms with van der Waals surface area (Å²) >= 11 is 0. The molecule has 0 saturated carbocycles. The molecule has 1 atom stereocenters. The first-order valence-electron chi connectivity index (χ1n) is 9.17. The fraction of sp³-hybridized carbons (Fsp3) is 0.174. The number of carbonyl (C=O) groups is 1. The summed E-state index contributed by atoms with van der Waals surface area (Å²) in [7, 11) is 1.67. The van der Waals surface area contributed by atoms with Crippen molar-refractivity contribution in [2.24, 2.45) is 0 Å². The second-order valence-electron chi connectivity index (χ2n) is 6.94. The van der Waals surface area contributed by atoms with Crippen LogP contribution in [0, 0.1) is 0 Å². The Morgan fingerprint density at radius 2 is 1.74 bits per heavy atom. The molecule has 0 aromatic heterocycles. The molecule has 3 aromatic carbocycles. The Morgan fingerprint density at radius 1 is 0.963 bits per heavy atom. The lowest BCUT2D eigenvalue weighted by Gasteiger charge is -2.36. The summed E-state index contributed by atoms with van der Waals surface area (Å²) < 4.78 is 5.40. The summed E-state index contributed by atoms with van der Waals surface area (Å²) in [5.74, 6) is 0.866. The van der Waals surface area contributed by atoms with Crippen LogP contribution in [0.15, 0.2) is 72.8 Å². The first kappa shape index (κ1) is 16.1. The predicted molar refractivity (Wildman–Crippen MR) is 106 cm³/mol. The van der Waals surface area contributed by atoms with Crippen molar-refractivity contribution in [3.05, 3.63) is 89.5 Å². The zero-order valence-corrected chi connectivity index (χ0v) is 15.1. The third-order valence-corrected chi connectivity index (χ3v) is 5.59. The van der Waals surface area contributed by atoms with Gasteiger partial charge in [0.2, 0.25) is 0 Å². The minimum Gasteiger partial charge on any atom is -0.497 e. The van der Waals surface area contributed by atoms with E-state index in [1.54, 1.807) is 7.11 Å². The number of anilines is 2. The number of hydrogen-bond acceptors (Lipinski definition) is 3. The van der Waals surface area contributed by atoms with Gasteiger partial charge in [-0.3, -0.25) is 15.0 Å². The van der Waals surface area contributed by atoms with Gasteiger partial charge in [0.25, 0.3) is 5.91 Å². The van der Waals surface area contributed by atoms with Crippen molar-refractivity contribution in [3.63, 3.8) is 0 Å². The van der Waals surface area contributed by atoms with Crippen LogP contribution in [0.4, 0.5) is 11.4 Å². The number of nitrogens with zero attached hydrogens (tertiary/aromatic N) is 1. The fourth-order valence-corrected chi connectivity index (χ4v) is 4.39. The first-order valence-corrected chi connectivity index (χ1v) is 9.17. The lowest BCUT2D eigenvalue weighted by molar-refractivity contribution is -0.122. The lowest BCUT2D eigenvalue weighted by atomic mass is 9.78. The molecule has 2 heterocycles. The molecule has 2 aliphatic heterocycles. The van der Waals surface area contributed by atoms with Gasteiger partial charge in [-0.05, 0) is 47.9 Å². The SMILES string of the molecule is COc1ccc2c(c1)CCNC21C(=O)N(c2ccccc2)c2ccccc21. The van der Waals surface area contributed by atoms with E-state index in [1.807, 2.05) is 65.6 Å². The molecular formula is C23H20N2O2. The zero-order valence-electron chi connectivity index (χ0n) is 15.1. The largest absolute Gasteiger partial charge is 0.497 e. The van der Waals surface area contributed by atoms with Gasteiger partial charge < -0.3 is 4.74 Å². The average Bonchev–Trinajstić information content (AvgIpc) is 2.97. The van der Waals surface area contributed by atoms with Crippen LogP contribution in [0.3, 0.4) is 0 Å². The van der Waals surface area contributed by atoms with Gasteiger partial charge in [0.1, 0.15) is 5.75 Å². The van der Waals surface area contributed by atoms with E-state index in [-0.39, 0.29) is 5.91 Å². The maximum atomic E-state index is 13.9. The minimum absolute atomic E-state index is 0.0426. The number of benzene rings is 3. The maximum Gasteiger partial charge on any atom is 0.261 e. The van der Waals surface area contributed by atoms with E-state index >= 15 is 0 Å². The topological polar surface area (TPSA) is 41.6 Å². The number of nitrogens with one attached hydrogen (secondary N) is 1. The quantitative estimate of drug-likeness (QED) is 0.760. The summed E-state index contributed by atoms with van der Waals surface area (Å²) in [6, 6.07) is 23.9. The molecular weight excluding hydrogens is 336 g/mol. The Bertz CT molecular complexity index is 1030. The Balaban J connectivity index is 1.76. The van der Waals surface area contributed by atoms with Crippen LogP contribution in [0.1, 0.15) is 16.7 Å². The van der Waals surface area contributed by atoms with Gasteiger partial charge in [0.15, 0.2) is 5.54 Å². The molecule has 27 heavy (non-hydrogen) atoms. The van der Waals surface area contributed by atoms with Crippen LogP contribution in [-0.4, -0.2) is 19.6 Å². The van der Waals surface area contributed by atoms with Crippen molar-refractivity contribution in [1.29, 1.82) is 0 Å². The molecule has 1 spiro atoms. The van der Waals surface area contributed by atoms with Crippen LogP contribution in [0.25, 0.3) is 0 Å². The normalized spacial score (nSPS) is 20.5. The van der Waals surface area contributed by atoms with Crippen molar-refractivity contribution < 1.29 is 9.53 Å². The van der Waals surface area contributed by atoms with Crippen LogP contribution in [-0.2, 0) is 16.8 Å². The van der Waals surface area contributed by atoms with Crippen molar-refractivity contribution in [3.8, 4) is 5.75 Å². The van der Waals surface area contributed by atoms with E-state index in [9.17, 15) is 4.79 Å². The van der Waals surface area contributed by atoms with Crippen LogP contribution in [0.5, 0.6) is 5.75 Å². The van der Waals surface area contributed by atoms with Crippen molar-refractivity contribution in [2.45, 2.75) is 12.0 Å². The van der Waals surface area contributed by atoms with Crippen molar-refractivity contribution >= 4 is 17.3 Å². The van der Waals surface area contributed by atoms with E-state index < -0.39 is 5.54 Å². The Kier molecular flexibility index (Phi) is 3.55. The molecule has 4 heteroatoms. The van der Waals surface area contributed by atoms with Gasteiger partial charge in [-0.1, -0.05) is 42.5 Å². The number of methoxy groups -OCH3 is 1. The highest BCUT2D eigenvalue weighted by Gasteiger charge is 2.54. The predicted octanol–water partition coefficient (Wildman–Crippen LogP) is 3.76. The summed E-state index contributed by atoms with van der Waals surface area (Å²) in [6.07, 6.45) is 0.870. The second-order valence-corrected chi connectivity index (χ2v) is 6.94. The fourth-order valence-electron chi connectivity index (χ4n) is 4.39. The highest BCUT2D eigenvalue weighted by molar-refractivity contribution is 6.14. The highest BCUT2D eigenvalue weighted by atomic mass is 16.5. The van der Waals surface area contributed by atoms with Gasteiger partial charge in [0.05, 0.1) is 12.8 Å². The molecule has 1 unspecified atom stereocenters. The molecule has 1 amide bonds. The molecule has 3 aromatic rings. The number of amides is 1. The van der Waals surface area contributed by atoms with E-state index in [0.717, 1.165) is 46.8 Å². The number of para-hydroxylation sites is 2. The zero-order chi connectivity index (χ0) is 18.4. The van der Waals surface area contributed by atoms with Gasteiger partial charge >= 0.3 is 0 Å². The van der Waals surface area contributed by atoms with Crippen LogP contribution in [0.2, 0.25) is 0 Å². The number of fused-ring (bicyclic) bond motifs is 4. The third kappa shape index (κ3) is 2.17. The summed E-state index contributed by atoms with van der Waals surface area (Å²) in [5, 5.41) is 3.56. The van der Waals surface area contributed by atoms with Gasteiger partial charge in [-0.25, -0.2) is 0 Å². The molecule has 134 valence electrons. The standard InChI is InChI=1S/C23H20N2O2/c1-27-18-11-12-19-16(15-18)13-14-24-23(19)20-9-5-6-10-21(20)25(22(23)26)17-7-3-2-4-8-17/h2-12,15,24H,13-14H2,1H3. The maximum absolute atomic E-state index is 13.9. The lowest BCUT2D eigenvalue weighted by Crippen LogP contribution is -2.54. The smallest absolute Gasteiger partial charge is 0.261 e. The van der Waals surface area contributed by atoms with Gasteiger partial charge in [-0.15, -0.1) is 0 Å². The molecule has 0 saturated heterocycles. The summed E-state index contributed by atoms with van der Waals surface area (Å²) in [6.45, 7) is 0.739. The molecule has 2 aliphatic rings.